The SMILES string of the molecule is O=C(c1ccc(Br)cc1)N1CCCN(C(=O)c2ccc3nc[nH]c3c2)CC1. The third kappa shape index (κ3) is 3.73. The molecule has 1 N–H and O–H groups in total. The molecule has 0 unspecified atom stereocenters. The molecule has 0 radical (unpaired) electrons. The highest BCUT2D eigenvalue weighted by molar-refractivity contribution is 9.10. The third-order valence-electron chi connectivity index (χ3n) is 4.83. The molecule has 6 nitrogen and oxygen atoms in total. The Labute approximate surface area is 165 Å². The van der Waals surface area contributed by atoms with Gasteiger partial charge in [0.15, 0.2) is 0 Å². The molecule has 0 bridgehead atoms. The van der Waals surface area contributed by atoms with Crippen molar-refractivity contribution in [2.45, 2.75) is 6.42 Å². The molecule has 1 aliphatic heterocycles. The summed E-state index contributed by atoms with van der Waals surface area (Å²) in [5.74, 6) is 0.000110. The van der Waals surface area contributed by atoms with E-state index >= 15 is 0 Å². The zero-order chi connectivity index (χ0) is 18.8. The molecule has 1 saturated heterocycles. The molecule has 0 aliphatic carbocycles. The first-order valence-corrected chi connectivity index (χ1v) is 9.68. The van der Waals surface area contributed by atoms with Gasteiger partial charge in [0, 0.05) is 41.8 Å². The number of rotatable bonds is 2. The van der Waals surface area contributed by atoms with E-state index in [1.165, 1.54) is 0 Å². The Morgan fingerprint density at radius 1 is 0.889 bits per heavy atom. The average molecular weight is 427 g/mol. The number of benzene rings is 2. The van der Waals surface area contributed by atoms with Gasteiger partial charge in [0.05, 0.1) is 17.4 Å². The lowest BCUT2D eigenvalue weighted by atomic mass is 10.1. The molecule has 4 rings (SSSR count). The van der Waals surface area contributed by atoms with Crippen molar-refractivity contribution in [1.29, 1.82) is 0 Å². The molecule has 138 valence electrons. The second-order valence-electron chi connectivity index (χ2n) is 6.58. The molecule has 1 aromatic heterocycles. The summed E-state index contributed by atoms with van der Waals surface area (Å²) in [4.78, 5) is 36.5. The number of fused-ring (bicyclic) bond motifs is 1. The van der Waals surface area contributed by atoms with Crippen LogP contribution in [0, 0.1) is 0 Å². The number of amides is 2. The van der Waals surface area contributed by atoms with Crippen LogP contribution in [0.15, 0.2) is 53.3 Å². The first-order chi connectivity index (χ1) is 13.1. The number of nitrogens with zero attached hydrogens (tertiary/aromatic N) is 3. The molecule has 0 atom stereocenters. The maximum absolute atomic E-state index is 12.9. The highest BCUT2D eigenvalue weighted by Gasteiger charge is 2.23. The topological polar surface area (TPSA) is 69.3 Å². The predicted octanol–water partition coefficient (Wildman–Crippen LogP) is 3.31. The normalized spacial score (nSPS) is 15.0. The lowest BCUT2D eigenvalue weighted by molar-refractivity contribution is 0.0719. The summed E-state index contributed by atoms with van der Waals surface area (Å²) < 4.78 is 0.945. The van der Waals surface area contributed by atoms with Crippen LogP contribution in [0.4, 0.5) is 0 Å². The van der Waals surface area contributed by atoms with Crippen LogP contribution < -0.4 is 0 Å². The van der Waals surface area contributed by atoms with Crippen molar-refractivity contribution in [2.24, 2.45) is 0 Å². The number of aromatic amines is 1. The summed E-state index contributed by atoms with van der Waals surface area (Å²) in [6.45, 7) is 2.36. The number of imidazole rings is 1. The Hall–Kier alpha value is -2.67. The van der Waals surface area contributed by atoms with E-state index in [1.807, 2.05) is 46.2 Å². The minimum absolute atomic E-state index is 0.00978. The van der Waals surface area contributed by atoms with Crippen LogP contribution >= 0.6 is 15.9 Å². The van der Waals surface area contributed by atoms with Crippen molar-refractivity contribution in [3.8, 4) is 0 Å². The Balaban J connectivity index is 1.45. The van der Waals surface area contributed by atoms with Gasteiger partial charge in [-0.1, -0.05) is 15.9 Å². The fourth-order valence-electron chi connectivity index (χ4n) is 3.35. The van der Waals surface area contributed by atoms with Gasteiger partial charge < -0.3 is 14.8 Å². The van der Waals surface area contributed by atoms with Gasteiger partial charge in [-0.2, -0.15) is 0 Å². The fraction of sp³-hybridized carbons (Fsp3) is 0.250. The standard InChI is InChI=1S/C20H19BrN4O2/c21-16-5-2-14(3-6-16)19(26)24-8-1-9-25(11-10-24)20(27)15-4-7-17-18(12-15)23-13-22-17/h2-7,12-13H,1,8-11H2,(H,22,23). The molecule has 1 aliphatic rings. The number of H-pyrrole nitrogens is 1. The van der Waals surface area contributed by atoms with Crippen LogP contribution in [0.1, 0.15) is 27.1 Å². The third-order valence-corrected chi connectivity index (χ3v) is 5.36. The quantitative estimate of drug-likeness (QED) is 0.683. The zero-order valence-electron chi connectivity index (χ0n) is 14.7. The van der Waals surface area contributed by atoms with Crippen molar-refractivity contribution in [2.75, 3.05) is 26.2 Å². The van der Waals surface area contributed by atoms with Crippen molar-refractivity contribution in [3.63, 3.8) is 0 Å². The molecule has 2 aromatic carbocycles. The highest BCUT2D eigenvalue weighted by Crippen LogP contribution is 2.17. The van der Waals surface area contributed by atoms with E-state index in [4.69, 9.17) is 0 Å². The first kappa shape index (κ1) is 17.7. The van der Waals surface area contributed by atoms with E-state index in [2.05, 4.69) is 25.9 Å². The predicted molar refractivity (Wildman–Crippen MR) is 107 cm³/mol. The van der Waals surface area contributed by atoms with Crippen molar-refractivity contribution in [1.82, 2.24) is 19.8 Å². The summed E-state index contributed by atoms with van der Waals surface area (Å²) in [6, 6.07) is 12.9. The van der Waals surface area contributed by atoms with E-state index in [9.17, 15) is 9.59 Å². The molecule has 3 aromatic rings. The molecule has 7 heteroatoms. The summed E-state index contributed by atoms with van der Waals surface area (Å²) in [5.41, 5.74) is 3.00. The maximum atomic E-state index is 12.9. The number of aromatic nitrogens is 2. The second-order valence-corrected chi connectivity index (χ2v) is 7.49. The average Bonchev–Trinajstić information content (AvgIpc) is 3.02. The van der Waals surface area contributed by atoms with Crippen LogP contribution in [0.3, 0.4) is 0 Å². The zero-order valence-corrected chi connectivity index (χ0v) is 16.3. The summed E-state index contributed by atoms with van der Waals surface area (Å²) in [6.07, 6.45) is 2.39. The van der Waals surface area contributed by atoms with Gasteiger partial charge in [-0.15, -0.1) is 0 Å². The van der Waals surface area contributed by atoms with E-state index in [1.54, 1.807) is 12.4 Å². The number of halogens is 1. The lowest BCUT2D eigenvalue weighted by Crippen LogP contribution is -2.37. The molecular formula is C20H19BrN4O2. The maximum Gasteiger partial charge on any atom is 0.253 e. The summed E-state index contributed by atoms with van der Waals surface area (Å²) in [5, 5.41) is 0. The number of nitrogens with one attached hydrogen (secondary N) is 1. The smallest absolute Gasteiger partial charge is 0.253 e. The molecule has 27 heavy (non-hydrogen) atoms. The van der Waals surface area contributed by atoms with Gasteiger partial charge in [0.1, 0.15) is 0 Å². The van der Waals surface area contributed by atoms with Gasteiger partial charge in [0.2, 0.25) is 0 Å². The van der Waals surface area contributed by atoms with E-state index in [0.29, 0.717) is 37.3 Å². The van der Waals surface area contributed by atoms with Crippen molar-refractivity contribution < 1.29 is 9.59 Å². The van der Waals surface area contributed by atoms with Gasteiger partial charge in [0.25, 0.3) is 11.8 Å². The Morgan fingerprint density at radius 3 is 2.22 bits per heavy atom. The summed E-state index contributed by atoms with van der Waals surface area (Å²) >= 11 is 3.39. The van der Waals surface area contributed by atoms with Crippen LogP contribution in [0.5, 0.6) is 0 Å². The number of hydrogen-bond acceptors (Lipinski definition) is 3. The van der Waals surface area contributed by atoms with E-state index in [-0.39, 0.29) is 11.8 Å². The van der Waals surface area contributed by atoms with E-state index < -0.39 is 0 Å². The molecule has 1 fully saturated rings. The minimum Gasteiger partial charge on any atom is -0.345 e. The molecule has 2 heterocycles. The monoisotopic (exact) mass is 426 g/mol. The molecule has 2 amide bonds. The molecule has 0 spiro atoms. The summed E-state index contributed by atoms with van der Waals surface area (Å²) in [7, 11) is 0. The Kier molecular flexibility index (Phi) is 4.94. The highest BCUT2D eigenvalue weighted by atomic mass is 79.9. The lowest BCUT2D eigenvalue weighted by Gasteiger charge is -2.22. The van der Waals surface area contributed by atoms with Crippen molar-refractivity contribution in [3.05, 3.63) is 64.4 Å². The van der Waals surface area contributed by atoms with E-state index in [0.717, 1.165) is 21.9 Å². The van der Waals surface area contributed by atoms with Crippen LogP contribution in [-0.4, -0.2) is 57.8 Å². The Morgan fingerprint density at radius 2 is 1.52 bits per heavy atom. The Bertz CT molecular complexity index is 983. The van der Waals surface area contributed by atoms with Crippen LogP contribution in [-0.2, 0) is 0 Å². The van der Waals surface area contributed by atoms with Crippen LogP contribution in [0.2, 0.25) is 0 Å². The van der Waals surface area contributed by atoms with Crippen LogP contribution in [0.25, 0.3) is 11.0 Å². The number of hydrogen-bond donors (Lipinski definition) is 1. The van der Waals surface area contributed by atoms with Gasteiger partial charge >= 0.3 is 0 Å². The first-order valence-electron chi connectivity index (χ1n) is 8.89. The molecule has 0 saturated carbocycles. The number of carbonyl (C=O) groups excluding carboxylic acids is 2. The van der Waals surface area contributed by atoms with Gasteiger partial charge in [-0.05, 0) is 48.9 Å². The second kappa shape index (κ2) is 7.52. The van der Waals surface area contributed by atoms with Gasteiger partial charge in [-0.3, -0.25) is 9.59 Å². The minimum atomic E-state index is -0.00978. The largest absolute Gasteiger partial charge is 0.345 e. The number of carbonyl (C=O) groups is 2. The molecular weight excluding hydrogens is 408 g/mol. The fourth-order valence-corrected chi connectivity index (χ4v) is 3.61. The van der Waals surface area contributed by atoms with Crippen molar-refractivity contribution >= 4 is 38.8 Å². The van der Waals surface area contributed by atoms with Gasteiger partial charge in [-0.25, -0.2) is 4.98 Å².